The van der Waals surface area contributed by atoms with Crippen LogP contribution in [0.15, 0.2) is 34.8 Å². The Labute approximate surface area is 219 Å². The number of hydrogen-bond donors (Lipinski definition) is 2. The molecule has 0 amide bonds. The van der Waals surface area contributed by atoms with Crippen molar-refractivity contribution in [1.29, 1.82) is 0 Å². The highest BCUT2D eigenvalue weighted by Gasteiger charge is 2.24. The Bertz CT molecular complexity index is 680. The third kappa shape index (κ3) is 18.2. The molecule has 0 aliphatic heterocycles. The molecule has 1 saturated carbocycles. The number of phenolic OH excluding ortho intramolecular Hbond substituents is 2. The van der Waals surface area contributed by atoms with Crippen LogP contribution in [0, 0.1) is 24.7 Å². The van der Waals surface area contributed by atoms with Gasteiger partial charge in [-0.25, -0.2) is 0 Å². The predicted molar refractivity (Wildman–Crippen MR) is 158 cm³/mol. The van der Waals surface area contributed by atoms with E-state index in [0.717, 1.165) is 23.3 Å². The lowest BCUT2D eigenvalue weighted by Crippen LogP contribution is -2.19. The first-order valence-electron chi connectivity index (χ1n) is 14.2. The summed E-state index contributed by atoms with van der Waals surface area (Å²) in [7, 11) is 1.88. The van der Waals surface area contributed by atoms with Crippen LogP contribution in [0.3, 0.4) is 0 Å². The van der Waals surface area contributed by atoms with Gasteiger partial charge in [0.1, 0.15) is 0 Å². The molecule has 1 fully saturated rings. The minimum atomic E-state index is -0.0689. The topological polar surface area (TPSA) is 52.8 Å². The van der Waals surface area contributed by atoms with Gasteiger partial charge in [0.2, 0.25) is 0 Å². The summed E-state index contributed by atoms with van der Waals surface area (Å²) in [6, 6.07) is 4.70. The van der Waals surface area contributed by atoms with Crippen molar-refractivity contribution >= 4 is 5.71 Å². The molecule has 0 aromatic heterocycles. The first-order chi connectivity index (χ1) is 16.6. The van der Waals surface area contributed by atoms with Gasteiger partial charge in [-0.3, -0.25) is 4.99 Å². The van der Waals surface area contributed by atoms with Crippen molar-refractivity contribution in [3.05, 3.63) is 35.4 Å². The fourth-order valence-corrected chi connectivity index (χ4v) is 3.34. The fraction of sp³-hybridized carbons (Fsp3) is 0.719. The number of phenols is 2. The van der Waals surface area contributed by atoms with Gasteiger partial charge < -0.3 is 10.2 Å². The second-order valence-electron chi connectivity index (χ2n) is 10.1. The summed E-state index contributed by atoms with van der Waals surface area (Å²) in [5, 5.41) is 17.6. The third-order valence-electron chi connectivity index (χ3n) is 6.86. The monoisotopic (exact) mass is 489 g/mol. The molecular weight excluding hydrogens is 430 g/mol. The van der Waals surface area contributed by atoms with Crippen LogP contribution in [0.4, 0.5) is 0 Å². The molecule has 0 heterocycles. The Balaban J connectivity index is 0. The molecule has 204 valence electrons. The van der Waals surface area contributed by atoms with E-state index in [-0.39, 0.29) is 11.5 Å². The van der Waals surface area contributed by atoms with Gasteiger partial charge >= 0.3 is 0 Å². The average Bonchev–Trinajstić information content (AvgIpc) is 2.83. The molecule has 1 aliphatic rings. The molecule has 2 atom stereocenters. The minimum absolute atomic E-state index is 0.0602. The van der Waals surface area contributed by atoms with Gasteiger partial charge in [-0.2, -0.15) is 0 Å². The van der Waals surface area contributed by atoms with Gasteiger partial charge in [0.15, 0.2) is 11.5 Å². The molecule has 1 aromatic rings. The number of aryl methyl sites for hydroxylation is 1. The van der Waals surface area contributed by atoms with E-state index < -0.39 is 0 Å². The zero-order chi connectivity index (χ0) is 27.2. The molecule has 3 heteroatoms. The molecule has 1 aliphatic carbocycles. The molecular formula is C32H59NO2. The van der Waals surface area contributed by atoms with Crippen molar-refractivity contribution in [3.63, 3.8) is 0 Å². The van der Waals surface area contributed by atoms with Crippen molar-refractivity contribution in [2.45, 2.75) is 127 Å². The zero-order valence-electron chi connectivity index (χ0n) is 25.0. The normalized spacial score (nSPS) is 15.3. The highest BCUT2D eigenvalue weighted by molar-refractivity contribution is 5.93. The van der Waals surface area contributed by atoms with E-state index in [0.29, 0.717) is 0 Å². The first-order valence-corrected chi connectivity index (χ1v) is 14.2. The van der Waals surface area contributed by atoms with Gasteiger partial charge in [-0.05, 0) is 74.6 Å². The Morgan fingerprint density at radius 2 is 1.57 bits per heavy atom. The number of benzene rings is 1. The molecule has 0 spiro atoms. The standard InChI is InChI=1S/C13H23N.C8H18.C7H8O2.C4H10/c1-5-10(2)13(9-11(3)14-4)12-7-6-8-12;1-4-6-7-8(3)5-2;1-5-2-3-6(8)7(9)4-5;1-3-4-2/h9-10,12H,5-8H2,1-4H3;8H,4-7H2,1-3H3;2-4,8-9H,1H3;3-4H2,1-2H3/b13-9+,14-11?;;;. The van der Waals surface area contributed by atoms with Gasteiger partial charge in [0.25, 0.3) is 0 Å². The second-order valence-corrected chi connectivity index (χ2v) is 10.1. The van der Waals surface area contributed by atoms with Crippen molar-refractivity contribution in [3.8, 4) is 11.5 Å². The molecule has 2 unspecified atom stereocenters. The number of aliphatic imine (C=N–C) groups is 1. The average molecular weight is 490 g/mol. The lowest BCUT2D eigenvalue weighted by molar-refractivity contribution is 0.338. The molecule has 0 saturated heterocycles. The van der Waals surface area contributed by atoms with Crippen molar-refractivity contribution in [2.75, 3.05) is 7.05 Å². The van der Waals surface area contributed by atoms with E-state index >= 15 is 0 Å². The maximum absolute atomic E-state index is 8.85. The number of nitrogens with zero attached hydrogens (tertiary/aromatic N) is 1. The number of hydrogen-bond acceptors (Lipinski definition) is 3. The Morgan fingerprint density at radius 1 is 0.971 bits per heavy atom. The SMILES string of the molecule is CCC(C)/C(=C\C(C)=NC)C1CCC1.CCCC.CCCCC(C)CC.Cc1ccc(O)c(O)c1. The summed E-state index contributed by atoms with van der Waals surface area (Å²) in [5.74, 6) is 2.42. The van der Waals surface area contributed by atoms with Crippen LogP contribution >= 0.6 is 0 Å². The summed E-state index contributed by atoms with van der Waals surface area (Å²) in [5.41, 5.74) is 3.75. The lowest BCUT2D eigenvalue weighted by Gasteiger charge is -2.31. The van der Waals surface area contributed by atoms with Gasteiger partial charge in [-0.1, -0.05) is 105 Å². The van der Waals surface area contributed by atoms with E-state index in [1.165, 1.54) is 82.1 Å². The van der Waals surface area contributed by atoms with E-state index in [1.807, 2.05) is 14.0 Å². The quantitative estimate of drug-likeness (QED) is 0.268. The molecule has 2 N–H and O–H groups in total. The fourth-order valence-electron chi connectivity index (χ4n) is 3.34. The van der Waals surface area contributed by atoms with Crippen molar-refractivity contribution in [1.82, 2.24) is 0 Å². The van der Waals surface area contributed by atoms with E-state index in [1.54, 1.807) is 11.6 Å². The summed E-state index contributed by atoms with van der Waals surface area (Å²) in [6.07, 6.45) is 15.9. The van der Waals surface area contributed by atoms with Gasteiger partial charge in [0.05, 0.1) is 0 Å². The molecule has 0 bridgehead atoms. The number of aromatic hydroxyl groups is 2. The summed E-state index contributed by atoms with van der Waals surface area (Å²) in [4.78, 5) is 4.23. The molecule has 1 aromatic carbocycles. The molecule has 2 rings (SSSR count). The third-order valence-corrected chi connectivity index (χ3v) is 6.86. The highest BCUT2D eigenvalue weighted by Crippen LogP contribution is 2.37. The smallest absolute Gasteiger partial charge is 0.157 e. The minimum Gasteiger partial charge on any atom is -0.504 e. The van der Waals surface area contributed by atoms with Gasteiger partial charge in [0, 0.05) is 12.8 Å². The number of allylic oxidation sites excluding steroid dienone is 2. The zero-order valence-corrected chi connectivity index (χ0v) is 25.0. The maximum Gasteiger partial charge on any atom is 0.157 e. The summed E-state index contributed by atoms with van der Waals surface area (Å²) >= 11 is 0. The molecule has 0 radical (unpaired) electrons. The van der Waals surface area contributed by atoms with Crippen molar-refractivity contribution < 1.29 is 10.2 Å². The summed E-state index contributed by atoms with van der Waals surface area (Å²) < 4.78 is 0. The largest absolute Gasteiger partial charge is 0.504 e. The lowest BCUT2D eigenvalue weighted by atomic mass is 9.74. The van der Waals surface area contributed by atoms with Crippen LogP contribution in [0.25, 0.3) is 0 Å². The van der Waals surface area contributed by atoms with Crippen LogP contribution < -0.4 is 0 Å². The Kier molecular flexibility index (Phi) is 22.9. The van der Waals surface area contributed by atoms with Crippen LogP contribution in [0.2, 0.25) is 0 Å². The highest BCUT2D eigenvalue weighted by atomic mass is 16.3. The van der Waals surface area contributed by atoms with E-state index in [4.69, 9.17) is 10.2 Å². The van der Waals surface area contributed by atoms with E-state index in [2.05, 4.69) is 66.5 Å². The molecule has 35 heavy (non-hydrogen) atoms. The van der Waals surface area contributed by atoms with Crippen molar-refractivity contribution in [2.24, 2.45) is 22.7 Å². The predicted octanol–water partition coefficient (Wildman–Crippen LogP) is 10.3. The number of rotatable bonds is 9. The molecule has 3 nitrogen and oxygen atoms in total. The number of unbranched alkanes of at least 4 members (excludes halogenated alkanes) is 2. The van der Waals surface area contributed by atoms with Crippen LogP contribution in [0.5, 0.6) is 11.5 Å². The maximum atomic E-state index is 8.85. The van der Waals surface area contributed by atoms with Crippen LogP contribution in [-0.4, -0.2) is 23.0 Å². The summed E-state index contributed by atoms with van der Waals surface area (Å²) in [6.45, 7) is 19.8. The Morgan fingerprint density at radius 3 is 1.91 bits per heavy atom. The van der Waals surface area contributed by atoms with Crippen LogP contribution in [0.1, 0.15) is 125 Å². The second kappa shape index (κ2) is 22.7. The first kappa shape index (κ1) is 35.4. The van der Waals surface area contributed by atoms with Gasteiger partial charge in [-0.15, -0.1) is 0 Å². The van der Waals surface area contributed by atoms with Crippen LogP contribution in [-0.2, 0) is 0 Å². The van der Waals surface area contributed by atoms with E-state index in [9.17, 15) is 0 Å². The Hall–Kier alpha value is -1.77.